The number of nitrogens with zero attached hydrogens (tertiary/aromatic N) is 1. The Morgan fingerprint density at radius 2 is 2.11 bits per heavy atom. The summed E-state index contributed by atoms with van der Waals surface area (Å²) in [6, 6.07) is 5.53. The van der Waals surface area contributed by atoms with Crippen LogP contribution >= 0.6 is 23.8 Å². The van der Waals surface area contributed by atoms with Gasteiger partial charge in [-0.05, 0) is 31.0 Å². The zero-order valence-electron chi connectivity index (χ0n) is 11.0. The number of hydrogen-bond donors (Lipinski definition) is 2. The van der Waals surface area contributed by atoms with Gasteiger partial charge in [-0.1, -0.05) is 36.7 Å². The molecule has 104 valence electrons. The van der Waals surface area contributed by atoms with Crippen molar-refractivity contribution < 1.29 is 5.11 Å². The monoisotopic (exact) mass is 298 g/mol. The van der Waals surface area contributed by atoms with Crippen LogP contribution in [-0.2, 0) is 0 Å². The molecule has 19 heavy (non-hydrogen) atoms. The van der Waals surface area contributed by atoms with Gasteiger partial charge in [-0.2, -0.15) is 0 Å². The summed E-state index contributed by atoms with van der Waals surface area (Å²) < 4.78 is 0. The molecule has 0 spiro atoms. The maximum absolute atomic E-state index is 10.4. The van der Waals surface area contributed by atoms with Gasteiger partial charge in [-0.3, -0.25) is 0 Å². The van der Waals surface area contributed by atoms with Crippen molar-refractivity contribution in [3.63, 3.8) is 0 Å². The van der Waals surface area contributed by atoms with E-state index in [9.17, 15) is 5.11 Å². The highest BCUT2D eigenvalue weighted by Crippen LogP contribution is 2.33. The summed E-state index contributed by atoms with van der Waals surface area (Å²) in [5, 5.41) is 11.0. The number of benzene rings is 1. The SMILES string of the molecule is CN(CC1(O)CCCC1)c1ccc(C(N)=S)cc1Cl. The van der Waals surface area contributed by atoms with Gasteiger partial charge in [0.25, 0.3) is 0 Å². The molecule has 0 aliphatic heterocycles. The molecule has 1 fully saturated rings. The lowest BCUT2D eigenvalue weighted by Gasteiger charge is -2.30. The molecule has 1 aromatic rings. The third-order valence-corrected chi connectivity index (χ3v) is 4.25. The Morgan fingerprint density at radius 1 is 1.47 bits per heavy atom. The fourth-order valence-corrected chi connectivity index (χ4v) is 3.14. The first kappa shape index (κ1) is 14.6. The lowest BCUT2D eigenvalue weighted by molar-refractivity contribution is 0.0559. The molecule has 1 aromatic carbocycles. The van der Waals surface area contributed by atoms with E-state index in [4.69, 9.17) is 29.6 Å². The third-order valence-electron chi connectivity index (χ3n) is 3.71. The van der Waals surface area contributed by atoms with E-state index in [0.717, 1.165) is 36.9 Å². The molecule has 0 radical (unpaired) electrons. The largest absolute Gasteiger partial charge is 0.389 e. The molecule has 0 aromatic heterocycles. The van der Waals surface area contributed by atoms with Gasteiger partial charge in [0.1, 0.15) is 4.99 Å². The second kappa shape index (κ2) is 5.65. The molecule has 0 unspecified atom stereocenters. The number of aliphatic hydroxyl groups is 1. The summed E-state index contributed by atoms with van der Waals surface area (Å²) in [5.74, 6) is 0. The van der Waals surface area contributed by atoms with Crippen LogP contribution in [0.1, 0.15) is 31.2 Å². The van der Waals surface area contributed by atoms with Crippen LogP contribution in [-0.4, -0.2) is 29.3 Å². The number of rotatable bonds is 4. The van der Waals surface area contributed by atoms with Crippen LogP contribution in [0.4, 0.5) is 5.69 Å². The van der Waals surface area contributed by atoms with Crippen molar-refractivity contribution in [3.05, 3.63) is 28.8 Å². The maximum atomic E-state index is 10.4. The molecule has 1 aliphatic rings. The molecule has 1 saturated carbocycles. The van der Waals surface area contributed by atoms with E-state index in [1.165, 1.54) is 0 Å². The van der Waals surface area contributed by atoms with Crippen molar-refractivity contribution in [2.45, 2.75) is 31.3 Å². The number of anilines is 1. The highest BCUT2D eigenvalue weighted by Gasteiger charge is 2.32. The minimum Gasteiger partial charge on any atom is -0.389 e. The van der Waals surface area contributed by atoms with Gasteiger partial charge in [-0.15, -0.1) is 0 Å². The number of likely N-dealkylation sites (N-methyl/N-ethyl adjacent to an activating group) is 1. The first-order valence-corrected chi connectivity index (χ1v) is 7.23. The molecule has 0 bridgehead atoms. The molecule has 0 heterocycles. The first-order valence-electron chi connectivity index (χ1n) is 6.44. The number of thiocarbonyl (C=S) groups is 1. The molecule has 3 nitrogen and oxygen atoms in total. The maximum Gasteiger partial charge on any atom is 0.104 e. The Bertz CT molecular complexity index is 486. The van der Waals surface area contributed by atoms with E-state index in [1.807, 2.05) is 24.1 Å². The van der Waals surface area contributed by atoms with Crippen molar-refractivity contribution in [3.8, 4) is 0 Å². The van der Waals surface area contributed by atoms with Crippen LogP contribution in [0.3, 0.4) is 0 Å². The molecule has 0 amide bonds. The lowest BCUT2D eigenvalue weighted by atomic mass is 10.0. The minimum atomic E-state index is -0.583. The zero-order valence-corrected chi connectivity index (χ0v) is 12.6. The van der Waals surface area contributed by atoms with Crippen molar-refractivity contribution in [2.24, 2.45) is 5.73 Å². The Labute approximate surface area is 124 Å². The van der Waals surface area contributed by atoms with Crippen LogP contribution < -0.4 is 10.6 Å². The van der Waals surface area contributed by atoms with E-state index < -0.39 is 5.60 Å². The Balaban J connectivity index is 2.15. The lowest BCUT2D eigenvalue weighted by Crippen LogP contribution is -2.39. The summed E-state index contributed by atoms with van der Waals surface area (Å²) in [7, 11) is 1.94. The van der Waals surface area contributed by atoms with Gasteiger partial charge in [0.15, 0.2) is 0 Å². The van der Waals surface area contributed by atoms with Crippen LogP contribution in [0.2, 0.25) is 5.02 Å². The summed E-state index contributed by atoms with van der Waals surface area (Å²) in [4.78, 5) is 2.34. The molecule has 5 heteroatoms. The molecule has 2 rings (SSSR count). The van der Waals surface area contributed by atoms with E-state index in [1.54, 1.807) is 6.07 Å². The topological polar surface area (TPSA) is 49.5 Å². The summed E-state index contributed by atoms with van der Waals surface area (Å²) >= 11 is 11.2. The molecule has 3 N–H and O–H groups in total. The number of halogens is 1. The highest BCUT2D eigenvalue weighted by molar-refractivity contribution is 7.80. The fraction of sp³-hybridized carbons (Fsp3) is 0.500. The first-order chi connectivity index (χ1) is 8.91. The van der Waals surface area contributed by atoms with E-state index in [2.05, 4.69) is 0 Å². The van der Waals surface area contributed by atoms with Gasteiger partial charge in [-0.25, -0.2) is 0 Å². The summed E-state index contributed by atoms with van der Waals surface area (Å²) in [6.07, 6.45) is 3.91. The Hall–Kier alpha value is -0.840. The third kappa shape index (κ3) is 3.38. The fourth-order valence-electron chi connectivity index (χ4n) is 2.69. The molecule has 1 aliphatic carbocycles. The number of hydrogen-bond acceptors (Lipinski definition) is 3. The van der Waals surface area contributed by atoms with Crippen LogP contribution in [0, 0.1) is 0 Å². The smallest absolute Gasteiger partial charge is 0.104 e. The van der Waals surface area contributed by atoms with Gasteiger partial charge >= 0.3 is 0 Å². The van der Waals surface area contributed by atoms with Crippen LogP contribution in [0.25, 0.3) is 0 Å². The Kier molecular flexibility index (Phi) is 4.33. The quantitative estimate of drug-likeness (QED) is 0.839. The minimum absolute atomic E-state index is 0.338. The molecular weight excluding hydrogens is 280 g/mol. The van der Waals surface area contributed by atoms with Crippen molar-refractivity contribution >= 4 is 34.5 Å². The van der Waals surface area contributed by atoms with Gasteiger partial charge < -0.3 is 15.7 Å². The predicted octanol–water partition coefficient (Wildman–Crippen LogP) is 2.72. The molecular formula is C14H19ClN2OS. The van der Waals surface area contributed by atoms with Gasteiger partial charge in [0.05, 0.1) is 16.3 Å². The van der Waals surface area contributed by atoms with Gasteiger partial charge in [0, 0.05) is 19.2 Å². The van der Waals surface area contributed by atoms with Crippen molar-refractivity contribution in [1.29, 1.82) is 0 Å². The second-order valence-corrected chi connectivity index (χ2v) is 6.16. The second-order valence-electron chi connectivity index (χ2n) is 5.32. The summed E-state index contributed by atoms with van der Waals surface area (Å²) in [6.45, 7) is 0.596. The zero-order chi connectivity index (χ0) is 14.0. The number of nitrogens with two attached hydrogens (primary N) is 1. The van der Waals surface area contributed by atoms with E-state index >= 15 is 0 Å². The van der Waals surface area contributed by atoms with Gasteiger partial charge in [0.2, 0.25) is 0 Å². The highest BCUT2D eigenvalue weighted by atomic mass is 35.5. The average Bonchev–Trinajstić information content (AvgIpc) is 2.75. The summed E-state index contributed by atoms with van der Waals surface area (Å²) in [5.41, 5.74) is 6.65. The molecule has 0 saturated heterocycles. The van der Waals surface area contributed by atoms with Crippen LogP contribution in [0.5, 0.6) is 0 Å². The normalized spacial score (nSPS) is 17.4. The average molecular weight is 299 g/mol. The predicted molar refractivity (Wildman–Crippen MR) is 84.0 cm³/mol. The molecule has 0 atom stereocenters. The van der Waals surface area contributed by atoms with Crippen molar-refractivity contribution in [1.82, 2.24) is 0 Å². The standard InChI is InChI=1S/C14H19ClN2OS/c1-17(9-14(18)6-2-3-7-14)12-5-4-10(13(16)19)8-11(12)15/h4-5,8,18H,2-3,6-7,9H2,1H3,(H2,16,19). The van der Waals surface area contributed by atoms with Crippen molar-refractivity contribution in [2.75, 3.05) is 18.5 Å². The van der Waals surface area contributed by atoms with E-state index in [-0.39, 0.29) is 0 Å². The van der Waals surface area contributed by atoms with E-state index in [0.29, 0.717) is 16.6 Å². The van der Waals surface area contributed by atoms with Crippen LogP contribution in [0.15, 0.2) is 18.2 Å². The Morgan fingerprint density at radius 3 is 2.63 bits per heavy atom.